The number of nitriles is 1. The summed E-state index contributed by atoms with van der Waals surface area (Å²) in [5.41, 5.74) is 1.95. The van der Waals surface area contributed by atoms with Crippen LogP contribution < -0.4 is 14.8 Å². The molecule has 0 atom stereocenters. The summed E-state index contributed by atoms with van der Waals surface area (Å²) in [6, 6.07) is 17.9. The van der Waals surface area contributed by atoms with Gasteiger partial charge < -0.3 is 14.8 Å². The molecule has 0 saturated heterocycles. The highest BCUT2D eigenvalue weighted by Gasteiger charge is 2.15. The molecule has 174 valence electrons. The standard InChI is InChI=1S/C25H18BrCl2IN2O3/c1-2-33-23-10-15(8-17(13-30)25(32)31-20-5-3-4-18(26)11-20)9-22(29)24(23)34-14-16-6-7-19(27)12-21(16)28/h3-12H,2,14H2,1H3,(H,31,32)/b17-8-. The molecule has 34 heavy (non-hydrogen) atoms. The molecule has 0 aliphatic rings. The normalized spacial score (nSPS) is 11.0. The van der Waals surface area contributed by atoms with E-state index in [1.807, 2.05) is 25.1 Å². The predicted octanol–water partition coefficient (Wildman–Crippen LogP) is 7.88. The summed E-state index contributed by atoms with van der Waals surface area (Å²) < 4.78 is 13.4. The van der Waals surface area contributed by atoms with Crippen LogP contribution in [0.25, 0.3) is 6.08 Å². The summed E-state index contributed by atoms with van der Waals surface area (Å²) in [5.74, 6) is 0.532. The lowest BCUT2D eigenvalue weighted by Crippen LogP contribution is -2.13. The van der Waals surface area contributed by atoms with Gasteiger partial charge in [-0.1, -0.05) is 51.3 Å². The molecule has 5 nitrogen and oxygen atoms in total. The fraction of sp³-hybridized carbons (Fsp3) is 0.120. The first-order valence-electron chi connectivity index (χ1n) is 10.0. The molecule has 0 radical (unpaired) electrons. The summed E-state index contributed by atoms with van der Waals surface area (Å²) in [5, 5.41) is 13.4. The number of halogens is 4. The van der Waals surface area contributed by atoms with E-state index >= 15 is 0 Å². The Bertz CT molecular complexity index is 1290. The molecular weight excluding hydrogens is 654 g/mol. The molecular formula is C25H18BrCl2IN2O3. The fourth-order valence-electron chi connectivity index (χ4n) is 2.94. The monoisotopic (exact) mass is 670 g/mol. The van der Waals surface area contributed by atoms with Crippen molar-refractivity contribution in [1.82, 2.24) is 0 Å². The minimum atomic E-state index is -0.508. The molecule has 0 bridgehead atoms. The highest BCUT2D eigenvalue weighted by molar-refractivity contribution is 14.1. The van der Waals surface area contributed by atoms with Gasteiger partial charge in [0.1, 0.15) is 18.2 Å². The van der Waals surface area contributed by atoms with Crippen molar-refractivity contribution < 1.29 is 14.3 Å². The number of nitrogens with one attached hydrogen (secondary N) is 1. The van der Waals surface area contributed by atoms with Crippen LogP contribution in [0, 0.1) is 14.9 Å². The minimum Gasteiger partial charge on any atom is -0.490 e. The Balaban J connectivity index is 1.86. The number of nitrogens with zero attached hydrogens (tertiary/aromatic N) is 1. The number of hydrogen-bond acceptors (Lipinski definition) is 4. The summed E-state index contributed by atoms with van der Waals surface area (Å²) in [4.78, 5) is 12.6. The molecule has 3 aromatic rings. The Hall–Kier alpha value is -2.25. The van der Waals surface area contributed by atoms with E-state index in [0.717, 1.165) is 13.6 Å². The van der Waals surface area contributed by atoms with Crippen LogP contribution in [0.1, 0.15) is 18.1 Å². The van der Waals surface area contributed by atoms with Crippen molar-refractivity contribution in [2.75, 3.05) is 11.9 Å². The Morgan fingerprint density at radius 1 is 1.18 bits per heavy atom. The van der Waals surface area contributed by atoms with Gasteiger partial charge in [0.05, 0.1) is 10.2 Å². The first-order valence-corrected chi connectivity index (χ1v) is 12.6. The van der Waals surface area contributed by atoms with Crippen molar-refractivity contribution in [1.29, 1.82) is 5.26 Å². The van der Waals surface area contributed by atoms with E-state index in [0.29, 0.717) is 39.4 Å². The quantitative estimate of drug-likeness (QED) is 0.150. The van der Waals surface area contributed by atoms with Crippen molar-refractivity contribution in [3.63, 3.8) is 0 Å². The topological polar surface area (TPSA) is 71.3 Å². The van der Waals surface area contributed by atoms with Gasteiger partial charge in [-0.2, -0.15) is 5.26 Å². The summed E-state index contributed by atoms with van der Waals surface area (Å²) in [7, 11) is 0. The summed E-state index contributed by atoms with van der Waals surface area (Å²) >= 11 is 17.7. The third-order valence-electron chi connectivity index (χ3n) is 4.48. The Morgan fingerprint density at radius 3 is 2.65 bits per heavy atom. The van der Waals surface area contributed by atoms with Gasteiger partial charge in [0.25, 0.3) is 5.91 Å². The number of hydrogen-bond donors (Lipinski definition) is 1. The third kappa shape index (κ3) is 7.12. The van der Waals surface area contributed by atoms with Gasteiger partial charge >= 0.3 is 0 Å². The molecule has 1 N–H and O–H groups in total. The second kappa shape index (κ2) is 12.5. The lowest BCUT2D eigenvalue weighted by Gasteiger charge is -2.15. The molecule has 0 saturated carbocycles. The van der Waals surface area contributed by atoms with Gasteiger partial charge in [0.15, 0.2) is 11.5 Å². The summed E-state index contributed by atoms with van der Waals surface area (Å²) in [6.07, 6.45) is 1.51. The lowest BCUT2D eigenvalue weighted by molar-refractivity contribution is -0.112. The van der Waals surface area contributed by atoms with Crippen molar-refractivity contribution in [2.45, 2.75) is 13.5 Å². The molecule has 3 aromatic carbocycles. The SMILES string of the molecule is CCOc1cc(/C=C(/C#N)C(=O)Nc2cccc(Br)c2)cc(I)c1OCc1ccc(Cl)cc1Cl. The largest absolute Gasteiger partial charge is 0.490 e. The van der Waals surface area contributed by atoms with Gasteiger partial charge in [-0.25, -0.2) is 0 Å². The Labute approximate surface area is 229 Å². The second-order valence-corrected chi connectivity index (χ2v) is 9.84. The van der Waals surface area contributed by atoms with E-state index < -0.39 is 5.91 Å². The Kier molecular flexibility index (Phi) is 9.65. The first kappa shape index (κ1) is 26.4. The molecule has 0 fully saturated rings. The van der Waals surface area contributed by atoms with Crippen molar-refractivity contribution >= 4 is 79.4 Å². The van der Waals surface area contributed by atoms with Crippen LogP contribution in [0.4, 0.5) is 5.69 Å². The molecule has 1 amide bonds. The van der Waals surface area contributed by atoms with Gasteiger partial charge in [-0.3, -0.25) is 4.79 Å². The van der Waals surface area contributed by atoms with E-state index in [1.54, 1.807) is 42.5 Å². The van der Waals surface area contributed by atoms with E-state index in [1.165, 1.54) is 6.08 Å². The molecule has 9 heteroatoms. The lowest BCUT2D eigenvalue weighted by atomic mass is 10.1. The number of amides is 1. The molecule has 0 spiro atoms. The van der Waals surface area contributed by atoms with Gasteiger partial charge in [0, 0.05) is 25.8 Å². The van der Waals surface area contributed by atoms with Crippen LogP contribution in [-0.4, -0.2) is 12.5 Å². The molecule has 0 unspecified atom stereocenters. The zero-order valence-electron chi connectivity index (χ0n) is 17.9. The van der Waals surface area contributed by atoms with Crippen molar-refractivity contribution in [3.8, 4) is 17.6 Å². The average molecular weight is 672 g/mol. The molecule has 0 aliphatic heterocycles. The average Bonchev–Trinajstić information content (AvgIpc) is 2.78. The molecule has 3 rings (SSSR count). The predicted molar refractivity (Wildman–Crippen MR) is 147 cm³/mol. The minimum absolute atomic E-state index is 0.0418. The van der Waals surface area contributed by atoms with Crippen LogP contribution in [0.5, 0.6) is 11.5 Å². The number of benzene rings is 3. The van der Waals surface area contributed by atoms with Crippen LogP contribution in [0.2, 0.25) is 10.0 Å². The smallest absolute Gasteiger partial charge is 0.266 e. The van der Waals surface area contributed by atoms with Crippen LogP contribution in [0.15, 0.2) is 64.6 Å². The van der Waals surface area contributed by atoms with Gasteiger partial charge in [0.2, 0.25) is 0 Å². The molecule has 0 aromatic heterocycles. The van der Waals surface area contributed by atoms with E-state index in [2.05, 4.69) is 43.8 Å². The van der Waals surface area contributed by atoms with E-state index in [9.17, 15) is 10.1 Å². The fourth-order valence-corrected chi connectivity index (χ4v) is 4.59. The number of carbonyl (C=O) groups excluding carboxylic acids is 1. The number of rotatable bonds is 8. The molecule has 0 aliphatic carbocycles. The Morgan fingerprint density at radius 2 is 1.97 bits per heavy atom. The summed E-state index contributed by atoms with van der Waals surface area (Å²) in [6.45, 7) is 2.50. The highest BCUT2D eigenvalue weighted by Crippen LogP contribution is 2.36. The third-order valence-corrected chi connectivity index (χ3v) is 6.36. The van der Waals surface area contributed by atoms with Gasteiger partial charge in [-0.05, 0) is 83.6 Å². The second-order valence-electron chi connectivity index (χ2n) is 6.92. The maximum absolute atomic E-state index is 12.6. The number of carbonyl (C=O) groups is 1. The maximum atomic E-state index is 12.6. The number of ether oxygens (including phenoxy) is 2. The maximum Gasteiger partial charge on any atom is 0.266 e. The van der Waals surface area contributed by atoms with Crippen LogP contribution in [0.3, 0.4) is 0 Å². The highest BCUT2D eigenvalue weighted by atomic mass is 127. The van der Waals surface area contributed by atoms with Crippen LogP contribution in [-0.2, 0) is 11.4 Å². The molecule has 0 heterocycles. The number of anilines is 1. The zero-order valence-corrected chi connectivity index (χ0v) is 23.1. The van der Waals surface area contributed by atoms with E-state index in [-0.39, 0.29) is 12.2 Å². The first-order chi connectivity index (χ1) is 16.3. The zero-order chi connectivity index (χ0) is 24.7. The van der Waals surface area contributed by atoms with E-state index in [4.69, 9.17) is 32.7 Å². The van der Waals surface area contributed by atoms with Crippen molar-refractivity contribution in [3.05, 3.63) is 89.4 Å². The van der Waals surface area contributed by atoms with Crippen LogP contribution >= 0.6 is 61.7 Å². The van der Waals surface area contributed by atoms with Gasteiger partial charge in [-0.15, -0.1) is 0 Å². The van der Waals surface area contributed by atoms with Crippen molar-refractivity contribution in [2.24, 2.45) is 0 Å².